The monoisotopic (exact) mass is 324 g/mol. The summed E-state index contributed by atoms with van der Waals surface area (Å²) in [5.74, 6) is 0.511. The van der Waals surface area contributed by atoms with Crippen molar-refractivity contribution < 1.29 is 14.3 Å². The molecule has 2 aromatic rings. The molecule has 2 rings (SSSR count). The fourth-order valence-electron chi connectivity index (χ4n) is 2.11. The van der Waals surface area contributed by atoms with Crippen LogP contribution in [-0.4, -0.2) is 19.2 Å². The molecule has 0 spiro atoms. The average molecular weight is 324 g/mol. The molecule has 0 saturated carbocycles. The van der Waals surface area contributed by atoms with Gasteiger partial charge in [-0.25, -0.2) is 4.79 Å². The molecule has 24 heavy (non-hydrogen) atoms. The lowest BCUT2D eigenvalue weighted by molar-refractivity contribution is 0.0549. The third kappa shape index (κ3) is 5.27. The van der Waals surface area contributed by atoms with Crippen LogP contribution in [0.15, 0.2) is 59.7 Å². The number of hydrogen-bond acceptors (Lipinski definition) is 3. The Labute approximate surface area is 143 Å². The maximum absolute atomic E-state index is 12.1. The Morgan fingerprint density at radius 1 is 0.875 bits per heavy atom. The van der Waals surface area contributed by atoms with E-state index in [-0.39, 0.29) is 5.97 Å². The molecule has 0 heterocycles. The number of rotatable bonds is 6. The van der Waals surface area contributed by atoms with E-state index in [1.807, 2.05) is 70.2 Å². The van der Waals surface area contributed by atoms with E-state index in [1.165, 1.54) is 5.57 Å². The molecule has 0 atom stereocenters. The molecule has 0 amide bonds. The van der Waals surface area contributed by atoms with Crippen molar-refractivity contribution in [2.45, 2.75) is 27.7 Å². The van der Waals surface area contributed by atoms with Gasteiger partial charge in [0.1, 0.15) is 19.0 Å². The Balaban J connectivity index is 2.10. The topological polar surface area (TPSA) is 35.5 Å². The van der Waals surface area contributed by atoms with Gasteiger partial charge in [0.05, 0.1) is 5.56 Å². The molecule has 0 bridgehead atoms. The highest BCUT2D eigenvalue weighted by atomic mass is 16.5. The van der Waals surface area contributed by atoms with E-state index in [0.29, 0.717) is 18.8 Å². The molecule has 0 unspecified atom stereocenters. The van der Waals surface area contributed by atoms with Crippen molar-refractivity contribution in [1.29, 1.82) is 0 Å². The van der Waals surface area contributed by atoms with E-state index < -0.39 is 0 Å². The quantitative estimate of drug-likeness (QED) is 0.534. The molecule has 2 aromatic carbocycles. The van der Waals surface area contributed by atoms with Gasteiger partial charge in [0.2, 0.25) is 0 Å². The molecule has 0 N–H and O–H groups in total. The zero-order chi connectivity index (χ0) is 17.5. The third-order valence-electron chi connectivity index (χ3n) is 3.50. The predicted molar refractivity (Wildman–Crippen MR) is 98.6 cm³/mol. The first-order chi connectivity index (χ1) is 11.5. The fraction of sp³-hybridized carbons (Fsp3) is 0.286. The smallest absolute Gasteiger partial charge is 0.338 e. The van der Waals surface area contributed by atoms with Crippen molar-refractivity contribution in [3.05, 3.63) is 65.3 Å². The van der Waals surface area contributed by atoms with Gasteiger partial charge in [-0.15, -0.1) is 0 Å². The van der Waals surface area contributed by atoms with Gasteiger partial charge in [-0.05, 0) is 74.9 Å². The molecule has 0 aliphatic rings. The lowest BCUT2D eigenvalue weighted by Gasteiger charge is -2.07. The summed E-state index contributed by atoms with van der Waals surface area (Å²) >= 11 is 0. The minimum atomic E-state index is -0.307. The van der Waals surface area contributed by atoms with Gasteiger partial charge < -0.3 is 9.47 Å². The number of fused-ring (bicyclic) bond motifs is 1. The number of hydrogen-bond donors (Lipinski definition) is 0. The number of ether oxygens (including phenoxy) is 2. The summed E-state index contributed by atoms with van der Waals surface area (Å²) in [6, 6.07) is 11.4. The maximum Gasteiger partial charge on any atom is 0.338 e. The predicted octanol–water partition coefficient (Wildman–Crippen LogP) is 5.31. The van der Waals surface area contributed by atoms with Gasteiger partial charge in [-0.2, -0.15) is 0 Å². The summed E-state index contributed by atoms with van der Waals surface area (Å²) in [5, 5.41) is 2.02. The van der Waals surface area contributed by atoms with Crippen molar-refractivity contribution in [2.75, 3.05) is 13.2 Å². The zero-order valence-corrected chi connectivity index (χ0v) is 14.8. The number of carbonyl (C=O) groups excluding carboxylic acids is 1. The minimum absolute atomic E-state index is 0.302. The lowest BCUT2D eigenvalue weighted by Crippen LogP contribution is -2.05. The molecule has 3 nitrogen and oxygen atoms in total. The SMILES string of the molecule is CC(C)=CCOC(=O)c1ccc2cc(OCC=C(C)C)ccc2c1. The molecule has 0 aromatic heterocycles. The minimum Gasteiger partial charge on any atom is -0.490 e. The van der Waals surface area contributed by atoms with E-state index in [9.17, 15) is 4.79 Å². The van der Waals surface area contributed by atoms with E-state index in [2.05, 4.69) is 0 Å². The van der Waals surface area contributed by atoms with Crippen molar-refractivity contribution in [3.63, 3.8) is 0 Å². The zero-order valence-electron chi connectivity index (χ0n) is 14.8. The van der Waals surface area contributed by atoms with Crippen LogP contribution in [0.5, 0.6) is 5.75 Å². The average Bonchev–Trinajstić information content (AvgIpc) is 2.53. The Morgan fingerprint density at radius 3 is 2.21 bits per heavy atom. The van der Waals surface area contributed by atoms with Gasteiger partial charge >= 0.3 is 5.97 Å². The van der Waals surface area contributed by atoms with Crippen LogP contribution in [0.4, 0.5) is 0 Å². The second-order valence-electron chi connectivity index (χ2n) is 6.20. The number of benzene rings is 2. The highest BCUT2D eigenvalue weighted by Gasteiger charge is 2.07. The summed E-state index contributed by atoms with van der Waals surface area (Å²) in [4.78, 5) is 12.1. The van der Waals surface area contributed by atoms with Crippen LogP contribution >= 0.6 is 0 Å². The van der Waals surface area contributed by atoms with Gasteiger partial charge in [0, 0.05) is 0 Å². The lowest BCUT2D eigenvalue weighted by atomic mass is 10.1. The third-order valence-corrected chi connectivity index (χ3v) is 3.50. The summed E-state index contributed by atoms with van der Waals surface area (Å²) in [5.41, 5.74) is 2.91. The van der Waals surface area contributed by atoms with Crippen LogP contribution in [0.2, 0.25) is 0 Å². The van der Waals surface area contributed by atoms with Gasteiger partial charge in [-0.3, -0.25) is 0 Å². The first-order valence-electron chi connectivity index (χ1n) is 8.06. The van der Waals surface area contributed by atoms with Crippen LogP contribution in [0.3, 0.4) is 0 Å². The van der Waals surface area contributed by atoms with E-state index in [0.717, 1.165) is 22.1 Å². The normalized spacial score (nSPS) is 10.2. The standard InChI is InChI=1S/C21H24O3/c1-15(2)9-11-23-20-8-7-17-13-19(6-5-18(17)14-20)21(22)24-12-10-16(3)4/h5-10,13-14H,11-12H2,1-4H3. The van der Waals surface area contributed by atoms with Crippen molar-refractivity contribution >= 4 is 16.7 Å². The van der Waals surface area contributed by atoms with Crippen LogP contribution < -0.4 is 4.74 Å². The molecule has 0 aliphatic carbocycles. The van der Waals surface area contributed by atoms with E-state index in [1.54, 1.807) is 6.07 Å². The first-order valence-corrected chi connectivity index (χ1v) is 8.06. The maximum atomic E-state index is 12.1. The Kier molecular flexibility index (Phi) is 6.19. The largest absolute Gasteiger partial charge is 0.490 e. The van der Waals surface area contributed by atoms with Gasteiger partial charge in [-0.1, -0.05) is 23.3 Å². The fourth-order valence-corrected chi connectivity index (χ4v) is 2.11. The number of esters is 1. The van der Waals surface area contributed by atoms with Crippen LogP contribution in [0, 0.1) is 0 Å². The molecule has 0 fully saturated rings. The molecule has 0 saturated heterocycles. The van der Waals surface area contributed by atoms with Crippen LogP contribution in [0.1, 0.15) is 38.1 Å². The first kappa shape index (κ1) is 17.8. The van der Waals surface area contributed by atoms with E-state index >= 15 is 0 Å². The highest BCUT2D eigenvalue weighted by molar-refractivity contribution is 5.95. The second-order valence-corrected chi connectivity index (χ2v) is 6.20. The molecular weight excluding hydrogens is 300 g/mol. The van der Waals surface area contributed by atoms with Crippen molar-refractivity contribution in [1.82, 2.24) is 0 Å². The van der Waals surface area contributed by atoms with Gasteiger partial charge in [0.15, 0.2) is 0 Å². The summed E-state index contributed by atoms with van der Waals surface area (Å²) in [6.45, 7) is 8.89. The second kappa shape index (κ2) is 8.34. The Bertz CT molecular complexity index is 777. The molecule has 0 aliphatic heterocycles. The van der Waals surface area contributed by atoms with Crippen LogP contribution in [0.25, 0.3) is 10.8 Å². The summed E-state index contributed by atoms with van der Waals surface area (Å²) in [7, 11) is 0. The molecule has 126 valence electrons. The number of allylic oxidation sites excluding steroid dienone is 2. The van der Waals surface area contributed by atoms with Crippen molar-refractivity contribution in [3.8, 4) is 5.75 Å². The molecule has 3 heteroatoms. The van der Waals surface area contributed by atoms with Gasteiger partial charge in [0.25, 0.3) is 0 Å². The Morgan fingerprint density at radius 2 is 1.50 bits per heavy atom. The highest BCUT2D eigenvalue weighted by Crippen LogP contribution is 2.22. The van der Waals surface area contributed by atoms with Crippen molar-refractivity contribution in [2.24, 2.45) is 0 Å². The molecular formula is C21H24O3. The Hall–Kier alpha value is -2.55. The number of carbonyl (C=O) groups is 1. The molecule has 0 radical (unpaired) electrons. The van der Waals surface area contributed by atoms with E-state index in [4.69, 9.17) is 9.47 Å². The van der Waals surface area contributed by atoms with Crippen LogP contribution in [-0.2, 0) is 4.74 Å². The summed E-state index contributed by atoms with van der Waals surface area (Å²) < 4.78 is 10.9. The summed E-state index contributed by atoms with van der Waals surface area (Å²) in [6.07, 6.45) is 3.92.